The summed E-state index contributed by atoms with van der Waals surface area (Å²) in [7, 11) is 0. The van der Waals surface area contributed by atoms with Crippen molar-refractivity contribution in [3.05, 3.63) is 21.3 Å². The van der Waals surface area contributed by atoms with E-state index in [2.05, 4.69) is 0 Å². The zero-order valence-electron chi connectivity index (χ0n) is 10.1. The Morgan fingerprint density at radius 2 is 2.29 bits per heavy atom. The number of hydrogen-bond donors (Lipinski definition) is 1. The molecule has 0 aliphatic carbocycles. The maximum atomic E-state index is 11.3. The average molecular weight is 276 g/mol. The molecule has 0 aliphatic heterocycles. The number of halogens is 1. The van der Waals surface area contributed by atoms with Gasteiger partial charge in [0, 0.05) is 17.3 Å². The molecule has 1 aromatic rings. The molecule has 1 heterocycles. The van der Waals surface area contributed by atoms with Crippen LogP contribution in [0.3, 0.4) is 0 Å². The molecule has 96 valence electrons. The number of carbonyl (C=O) groups is 1. The Hall–Kier alpha value is -0.580. The second-order valence-electron chi connectivity index (χ2n) is 4.10. The van der Waals surface area contributed by atoms with Crippen molar-refractivity contribution in [2.45, 2.75) is 32.7 Å². The minimum absolute atomic E-state index is 0.0584. The average Bonchev–Trinajstić information content (AvgIpc) is 2.64. The van der Waals surface area contributed by atoms with E-state index < -0.39 is 0 Å². The smallest absolute Gasteiger partial charge is 0.306 e. The van der Waals surface area contributed by atoms with Crippen molar-refractivity contribution in [1.82, 2.24) is 0 Å². The van der Waals surface area contributed by atoms with Gasteiger partial charge in [-0.2, -0.15) is 0 Å². The summed E-state index contributed by atoms with van der Waals surface area (Å²) in [5, 5.41) is 0. The maximum absolute atomic E-state index is 11.3. The minimum atomic E-state index is -0.156. The molecule has 2 unspecified atom stereocenters. The fourth-order valence-corrected chi connectivity index (χ4v) is 2.74. The molecule has 5 heteroatoms. The normalized spacial score (nSPS) is 14.4. The lowest BCUT2D eigenvalue weighted by atomic mass is 9.98. The quantitative estimate of drug-likeness (QED) is 0.810. The lowest BCUT2D eigenvalue weighted by Crippen LogP contribution is -2.16. The number of nitrogens with two attached hydrogens (primary N) is 1. The van der Waals surface area contributed by atoms with Crippen LogP contribution < -0.4 is 5.73 Å². The van der Waals surface area contributed by atoms with Gasteiger partial charge in [0.1, 0.15) is 0 Å². The van der Waals surface area contributed by atoms with Crippen molar-refractivity contribution in [3.63, 3.8) is 0 Å². The molecule has 3 nitrogen and oxygen atoms in total. The molecule has 0 saturated heterocycles. The van der Waals surface area contributed by atoms with Crippen molar-refractivity contribution in [3.8, 4) is 0 Å². The van der Waals surface area contributed by atoms with Gasteiger partial charge in [-0.25, -0.2) is 0 Å². The Kier molecular flexibility index (Phi) is 5.95. The second kappa shape index (κ2) is 6.99. The molecule has 0 aromatic carbocycles. The first-order chi connectivity index (χ1) is 8.02. The van der Waals surface area contributed by atoms with Crippen LogP contribution in [0.5, 0.6) is 0 Å². The van der Waals surface area contributed by atoms with E-state index in [0.717, 1.165) is 15.6 Å². The Morgan fingerprint density at radius 3 is 2.82 bits per heavy atom. The molecule has 0 radical (unpaired) electrons. The van der Waals surface area contributed by atoms with Crippen LogP contribution in [0.2, 0.25) is 4.34 Å². The highest BCUT2D eigenvalue weighted by molar-refractivity contribution is 7.16. The van der Waals surface area contributed by atoms with Crippen molar-refractivity contribution < 1.29 is 9.53 Å². The number of thiophene rings is 1. The van der Waals surface area contributed by atoms with Gasteiger partial charge in [0.25, 0.3) is 0 Å². The van der Waals surface area contributed by atoms with Gasteiger partial charge in [-0.3, -0.25) is 4.79 Å². The van der Waals surface area contributed by atoms with Gasteiger partial charge in [-0.05, 0) is 31.4 Å². The summed E-state index contributed by atoms with van der Waals surface area (Å²) < 4.78 is 5.65. The summed E-state index contributed by atoms with van der Waals surface area (Å²) in [6.07, 6.45) is 1.18. The Morgan fingerprint density at radius 1 is 1.59 bits per heavy atom. The largest absolute Gasteiger partial charge is 0.466 e. The molecule has 2 N–H and O–H groups in total. The lowest BCUT2D eigenvalue weighted by molar-refractivity contribution is -0.144. The molecular weight excluding hydrogens is 258 g/mol. The Bertz CT molecular complexity index is 367. The fraction of sp³-hybridized carbons (Fsp3) is 0.583. The SMILES string of the molecule is CCOC(=O)CC(C)CC(N)c1ccc(Cl)s1. The number of hydrogen-bond acceptors (Lipinski definition) is 4. The highest BCUT2D eigenvalue weighted by atomic mass is 35.5. The van der Waals surface area contributed by atoms with Gasteiger partial charge in [0.2, 0.25) is 0 Å². The van der Waals surface area contributed by atoms with Crippen LogP contribution in [-0.4, -0.2) is 12.6 Å². The zero-order chi connectivity index (χ0) is 12.8. The predicted molar refractivity (Wildman–Crippen MR) is 71.3 cm³/mol. The number of ether oxygens (including phenoxy) is 1. The van der Waals surface area contributed by atoms with Crippen LogP contribution in [-0.2, 0) is 9.53 Å². The zero-order valence-corrected chi connectivity index (χ0v) is 11.7. The predicted octanol–water partition coefficient (Wildman–Crippen LogP) is 3.38. The van der Waals surface area contributed by atoms with E-state index in [9.17, 15) is 4.79 Å². The first-order valence-corrected chi connectivity index (χ1v) is 6.88. The second-order valence-corrected chi connectivity index (χ2v) is 5.85. The fourth-order valence-electron chi connectivity index (χ4n) is 1.66. The van der Waals surface area contributed by atoms with Crippen LogP contribution >= 0.6 is 22.9 Å². The molecule has 0 bridgehead atoms. The van der Waals surface area contributed by atoms with Crippen LogP contribution in [0.1, 0.15) is 37.6 Å². The number of esters is 1. The molecule has 0 saturated carbocycles. The van der Waals surface area contributed by atoms with E-state index in [0.29, 0.717) is 13.0 Å². The highest BCUT2D eigenvalue weighted by Gasteiger charge is 2.16. The molecule has 0 amide bonds. The van der Waals surface area contributed by atoms with Crippen LogP contribution in [0, 0.1) is 5.92 Å². The minimum Gasteiger partial charge on any atom is -0.466 e. The summed E-state index contributed by atoms with van der Waals surface area (Å²) in [4.78, 5) is 12.4. The van der Waals surface area contributed by atoms with Gasteiger partial charge in [0.05, 0.1) is 10.9 Å². The molecule has 17 heavy (non-hydrogen) atoms. The lowest BCUT2D eigenvalue weighted by Gasteiger charge is -2.15. The third-order valence-electron chi connectivity index (χ3n) is 2.44. The number of carbonyl (C=O) groups excluding carboxylic acids is 1. The first-order valence-electron chi connectivity index (χ1n) is 5.69. The van der Waals surface area contributed by atoms with Crippen molar-refractivity contribution in [1.29, 1.82) is 0 Å². The van der Waals surface area contributed by atoms with E-state index in [1.165, 1.54) is 11.3 Å². The third kappa shape index (κ3) is 5.06. The van der Waals surface area contributed by atoms with Gasteiger partial charge >= 0.3 is 5.97 Å². The van der Waals surface area contributed by atoms with E-state index in [4.69, 9.17) is 22.1 Å². The van der Waals surface area contributed by atoms with Crippen LogP contribution in [0.4, 0.5) is 0 Å². The Labute approximate surface area is 111 Å². The molecule has 1 aromatic heterocycles. The van der Waals surface area contributed by atoms with E-state index in [-0.39, 0.29) is 17.9 Å². The van der Waals surface area contributed by atoms with Gasteiger partial charge in [-0.15, -0.1) is 11.3 Å². The van der Waals surface area contributed by atoms with Gasteiger partial charge < -0.3 is 10.5 Å². The van der Waals surface area contributed by atoms with Crippen molar-refractivity contribution in [2.75, 3.05) is 6.61 Å². The van der Waals surface area contributed by atoms with E-state index >= 15 is 0 Å². The third-order valence-corrected chi connectivity index (χ3v) is 3.80. The standard InChI is InChI=1S/C12H18ClNO2S/c1-3-16-12(15)7-8(2)6-9(14)10-4-5-11(13)17-10/h4-5,8-9H,3,6-7,14H2,1-2H3. The van der Waals surface area contributed by atoms with Gasteiger partial charge in [0.15, 0.2) is 0 Å². The summed E-state index contributed by atoms with van der Waals surface area (Å²) in [5.41, 5.74) is 6.06. The molecular formula is C12H18ClNO2S. The van der Waals surface area contributed by atoms with Crippen molar-refractivity contribution in [2.24, 2.45) is 11.7 Å². The topological polar surface area (TPSA) is 52.3 Å². The van der Waals surface area contributed by atoms with Crippen LogP contribution in [0.15, 0.2) is 12.1 Å². The summed E-state index contributed by atoms with van der Waals surface area (Å²) in [6, 6.07) is 3.73. The van der Waals surface area contributed by atoms with Crippen LogP contribution in [0.25, 0.3) is 0 Å². The van der Waals surface area contributed by atoms with Gasteiger partial charge in [-0.1, -0.05) is 18.5 Å². The number of rotatable bonds is 6. The van der Waals surface area contributed by atoms with E-state index in [1.54, 1.807) is 0 Å². The molecule has 2 atom stereocenters. The summed E-state index contributed by atoms with van der Waals surface area (Å²) >= 11 is 7.35. The summed E-state index contributed by atoms with van der Waals surface area (Å²) in [6.45, 7) is 4.24. The molecule has 0 fully saturated rings. The molecule has 0 spiro atoms. The first kappa shape index (κ1) is 14.5. The monoisotopic (exact) mass is 275 g/mol. The van der Waals surface area contributed by atoms with E-state index in [1.807, 2.05) is 26.0 Å². The van der Waals surface area contributed by atoms with Crippen molar-refractivity contribution >= 4 is 28.9 Å². The highest BCUT2D eigenvalue weighted by Crippen LogP contribution is 2.29. The maximum Gasteiger partial charge on any atom is 0.306 e. The molecule has 1 rings (SSSR count). The summed E-state index contributed by atoms with van der Waals surface area (Å²) in [5.74, 6) is 0.0568. The Balaban J connectivity index is 2.40. The molecule has 0 aliphatic rings.